The average molecular weight is 484 g/mol. The van der Waals surface area contributed by atoms with E-state index in [4.69, 9.17) is 0 Å². The number of hydrogen-bond donors (Lipinski definition) is 1. The molecule has 0 radical (unpaired) electrons. The first-order valence-electron chi connectivity index (χ1n) is 8.59. The minimum Gasteiger partial charge on any atom is -0.365 e. The second-order valence-electron chi connectivity index (χ2n) is 6.46. The van der Waals surface area contributed by atoms with Crippen LogP contribution in [0.15, 0.2) is 18.6 Å². The molecule has 1 N–H and O–H groups in total. The number of anilines is 1. The van der Waals surface area contributed by atoms with E-state index in [1.54, 1.807) is 6.20 Å². The highest BCUT2D eigenvalue weighted by molar-refractivity contribution is 14.2. The molecule has 3 aromatic heterocycles. The summed E-state index contributed by atoms with van der Waals surface area (Å²) in [5.41, 5.74) is 1.61. The SMILES string of the molecule is Cc1ncc2c(-c3ncc(F)c(NC4CCCCC4)n3)cn(SI)c2n1. The van der Waals surface area contributed by atoms with Crippen LogP contribution >= 0.6 is 30.3 Å². The molecule has 3 heterocycles. The van der Waals surface area contributed by atoms with Gasteiger partial charge in [0, 0.05) is 59.7 Å². The third-order valence-electron chi connectivity index (χ3n) is 4.64. The predicted molar refractivity (Wildman–Crippen MR) is 111 cm³/mol. The maximum atomic E-state index is 14.3. The number of aryl methyl sites for hydroxylation is 1. The molecular formula is C17H18FIN6S. The van der Waals surface area contributed by atoms with Crippen molar-refractivity contribution in [1.82, 2.24) is 23.9 Å². The maximum absolute atomic E-state index is 14.3. The van der Waals surface area contributed by atoms with Crippen LogP contribution in [-0.2, 0) is 0 Å². The van der Waals surface area contributed by atoms with E-state index in [9.17, 15) is 4.39 Å². The van der Waals surface area contributed by atoms with Gasteiger partial charge in [0.15, 0.2) is 23.1 Å². The fourth-order valence-electron chi connectivity index (χ4n) is 3.33. The second kappa shape index (κ2) is 7.63. The Morgan fingerprint density at radius 1 is 1.19 bits per heavy atom. The van der Waals surface area contributed by atoms with E-state index in [2.05, 4.69) is 46.5 Å². The Kier molecular flexibility index (Phi) is 5.25. The molecule has 6 nitrogen and oxygen atoms in total. The van der Waals surface area contributed by atoms with Gasteiger partial charge in [0.1, 0.15) is 5.82 Å². The largest absolute Gasteiger partial charge is 0.365 e. The van der Waals surface area contributed by atoms with Gasteiger partial charge in [0.05, 0.1) is 6.20 Å². The topological polar surface area (TPSA) is 68.5 Å². The van der Waals surface area contributed by atoms with Crippen molar-refractivity contribution in [1.29, 1.82) is 0 Å². The lowest BCUT2D eigenvalue weighted by atomic mass is 9.95. The number of fused-ring (bicyclic) bond motifs is 1. The zero-order valence-electron chi connectivity index (χ0n) is 14.2. The molecule has 0 bridgehead atoms. The van der Waals surface area contributed by atoms with Crippen molar-refractivity contribution in [3.8, 4) is 11.4 Å². The monoisotopic (exact) mass is 484 g/mol. The Bertz CT molecular complexity index is 940. The summed E-state index contributed by atoms with van der Waals surface area (Å²) >= 11 is 2.20. The van der Waals surface area contributed by atoms with Gasteiger partial charge in [-0.2, -0.15) is 0 Å². The molecule has 0 spiro atoms. The van der Waals surface area contributed by atoms with Crippen LogP contribution in [0.4, 0.5) is 10.2 Å². The van der Waals surface area contributed by atoms with Gasteiger partial charge in [-0.3, -0.25) is 3.97 Å². The lowest BCUT2D eigenvalue weighted by molar-refractivity contribution is 0.459. The second-order valence-corrected chi connectivity index (χ2v) is 8.17. The number of aromatic nitrogens is 5. The van der Waals surface area contributed by atoms with Crippen molar-refractivity contribution in [2.75, 3.05) is 5.32 Å². The number of nitrogens with zero attached hydrogens (tertiary/aromatic N) is 5. The van der Waals surface area contributed by atoms with Gasteiger partial charge in [-0.05, 0) is 19.8 Å². The third kappa shape index (κ3) is 3.51. The molecule has 1 aliphatic carbocycles. The highest BCUT2D eigenvalue weighted by Gasteiger charge is 2.19. The predicted octanol–water partition coefficient (Wildman–Crippen LogP) is 4.93. The number of nitrogens with one attached hydrogen (secondary N) is 1. The van der Waals surface area contributed by atoms with Gasteiger partial charge in [-0.15, -0.1) is 0 Å². The molecule has 4 rings (SSSR count). The summed E-state index contributed by atoms with van der Waals surface area (Å²) in [7, 11) is 1.51. The molecule has 0 aromatic carbocycles. The lowest BCUT2D eigenvalue weighted by Gasteiger charge is -2.23. The van der Waals surface area contributed by atoms with Crippen LogP contribution in [0.1, 0.15) is 37.9 Å². The van der Waals surface area contributed by atoms with Crippen molar-refractivity contribution in [2.24, 2.45) is 0 Å². The summed E-state index contributed by atoms with van der Waals surface area (Å²) in [6.45, 7) is 1.86. The standard InChI is InChI=1S/C17H18FIN6S/c1-10-20-7-12-13(9-25(26-19)17(12)22-10)15-21-8-14(18)16(24-15)23-11-5-3-2-4-6-11/h7-9,11H,2-6H2,1H3,(H,21,23,24). The lowest BCUT2D eigenvalue weighted by Crippen LogP contribution is -2.23. The smallest absolute Gasteiger partial charge is 0.183 e. The molecular weight excluding hydrogens is 466 g/mol. The summed E-state index contributed by atoms with van der Waals surface area (Å²) in [5.74, 6) is 1.04. The fraction of sp³-hybridized carbons (Fsp3) is 0.412. The summed E-state index contributed by atoms with van der Waals surface area (Å²) < 4.78 is 16.2. The first kappa shape index (κ1) is 17.9. The van der Waals surface area contributed by atoms with E-state index < -0.39 is 5.82 Å². The van der Waals surface area contributed by atoms with E-state index in [1.165, 1.54) is 34.6 Å². The van der Waals surface area contributed by atoms with Crippen LogP contribution < -0.4 is 5.32 Å². The molecule has 0 amide bonds. The molecule has 136 valence electrons. The highest BCUT2D eigenvalue weighted by atomic mass is 127. The van der Waals surface area contributed by atoms with Crippen molar-refractivity contribution in [2.45, 2.75) is 45.1 Å². The number of hydrogen-bond acceptors (Lipinski definition) is 6. The first-order valence-corrected chi connectivity index (χ1v) is 11.9. The zero-order chi connectivity index (χ0) is 18.1. The molecule has 0 aliphatic heterocycles. The van der Waals surface area contributed by atoms with Crippen molar-refractivity contribution in [3.63, 3.8) is 0 Å². The van der Waals surface area contributed by atoms with Crippen molar-refractivity contribution >= 4 is 47.2 Å². The minimum absolute atomic E-state index is 0.276. The summed E-state index contributed by atoms with van der Waals surface area (Å²) in [6, 6.07) is 0.276. The Labute approximate surface area is 167 Å². The van der Waals surface area contributed by atoms with E-state index in [0.717, 1.165) is 29.4 Å². The Morgan fingerprint density at radius 3 is 2.77 bits per heavy atom. The van der Waals surface area contributed by atoms with E-state index >= 15 is 0 Å². The van der Waals surface area contributed by atoms with Gasteiger partial charge in [-0.25, -0.2) is 24.3 Å². The van der Waals surface area contributed by atoms with E-state index in [-0.39, 0.29) is 11.9 Å². The highest BCUT2D eigenvalue weighted by Crippen LogP contribution is 2.32. The zero-order valence-corrected chi connectivity index (χ0v) is 17.2. The first-order chi connectivity index (χ1) is 12.7. The molecule has 1 saturated carbocycles. The van der Waals surface area contributed by atoms with Crippen molar-refractivity contribution < 1.29 is 4.39 Å². The van der Waals surface area contributed by atoms with Crippen LogP contribution in [0.25, 0.3) is 22.4 Å². The van der Waals surface area contributed by atoms with Gasteiger partial charge < -0.3 is 5.32 Å². The molecule has 1 aliphatic rings. The van der Waals surface area contributed by atoms with Gasteiger partial charge in [0.25, 0.3) is 0 Å². The maximum Gasteiger partial charge on any atom is 0.183 e. The van der Waals surface area contributed by atoms with Crippen LogP contribution in [-0.4, -0.2) is 30.0 Å². The molecule has 0 atom stereocenters. The summed E-state index contributed by atoms with van der Waals surface area (Å²) in [4.78, 5) is 17.5. The van der Waals surface area contributed by atoms with Crippen LogP contribution in [0.3, 0.4) is 0 Å². The van der Waals surface area contributed by atoms with Crippen LogP contribution in [0.5, 0.6) is 0 Å². The van der Waals surface area contributed by atoms with Gasteiger partial charge >= 0.3 is 0 Å². The Balaban J connectivity index is 1.74. The summed E-state index contributed by atoms with van der Waals surface area (Å²) in [5, 5.41) is 4.12. The van der Waals surface area contributed by atoms with Gasteiger partial charge in [0.2, 0.25) is 0 Å². The Hall–Kier alpha value is -1.49. The van der Waals surface area contributed by atoms with Crippen LogP contribution in [0, 0.1) is 12.7 Å². The molecule has 1 fully saturated rings. The number of halogens is 2. The molecule has 0 unspecified atom stereocenters. The molecule has 26 heavy (non-hydrogen) atoms. The third-order valence-corrected chi connectivity index (χ3v) is 6.34. The molecule has 0 saturated heterocycles. The molecule has 3 aromatic rings. The van der Waals surface area contributed by atoms with Crippen LogP contribution in [0.2, 0.25) is 0 Å². The average Bonchev–Trinajstić information content (AvgIpc) is 3.02. The minimum atomic E-state index is -0.418. The summed E-state index contributed by atoms with van der Waals surface area (Å²) in [6.07, 6.45) is 10.6. The van der Waals surface area contributed by atoms with Gasteiger partial charge in [-0.1, -0.05) is 19.3 Å². The van der Waals surface area contributed by atoms with E-state index in [1.807, 2.05) is 17.1 Å². The normalized spacial score (nSPS) is 15.5. The fourth-order valence-corrected chi connectivity index (χ4v) is 4.58. The Morgan fingerprint density at radius 2 is 2.00 bits per heavy atom. The quantitative estimate of drug-likeness (QED) is 0.530. The van der Waals surface area contributed by atoms with E-state index in [0.29, 0.717) is 11.6 Å². The number of rotatable bonds is 4. The molecule has 9 heteroatoms. The van der Waals surface area contributed by atoms with Crippen molar-refractivity contribution in [3.05, 3.63) is 30.2 Å².